The highest BCUT2D eigenvalue weighted by Gasteiger charge is 2.23. The molecule has 1 rings (SSSR count). The van der Waals surface area contributed by atoms with Gasteiger partial charge in [-0.1, -0.05) is 0 Å². The van der Waals surface area contributed by atoms with Gasteiger partial charge in [-0.25, -0.2) is 0 Å². The SMILES string of the molecule is CCOc1ccc(C(=O)C(C)(C)N)cc1C. The summed E-state index contributed by atoms with van der Waals surface area (Å²) in [5, 5.41) is 0. The molecule has 0 atom stereocenters. The Labute approximate surface area is 96.6 Å². The molecule has 1 aromatic carbocycles. The molecule has 0 saturated heterocycles. The molecule has 0 bridgehead atoms. The number of carbonyl (C=O) groups excluding carboxylic acids is 1. The van der Waals surface area contributed by atoms with E-state index in [1.165, 1.54) is 0 Å². The van der Waals surface area contributed by atoms with E-state index in [2.05, 4.69) is 0 Å². The van der Waals surface area contributed by atoms with Crippen LogP contribution in [0.15, 0.2) is 18.2 Å². The second kappa shape index (κ2) is 4.66. The molecule has 0 radical (unpaired) electrons. The minimum Gasteiger partial charge on any atom is -0.494 e. The minimum absolute atomic E-state index is 0.0568. The highest BCUT2D eigenvalue weighted by atomic mass is 16.5. The number of ether oxygens (including phenoxy) is 1. The lowest BCUT2D eigenvalue weighted by Gasteiger charge is -2.17. The first-order valence-electron chi connectivity index (χ1n) is 5.43. The summed E-state index contributed by atoms with van der Waals surface area (Å²) in [5.74, 6) is 0.757. The first-order valence-corrected chi connectivity index (χ1v) is 5.43. The molecule has 0 aliphatic heterocycles. The lowest BCUT2D eigenvalue weighted by Crippen LogP contribution is -2.41. The largest absolute Gasteiger partial charge is 0.494 e. The van der Waals surface area contributed by atoms with Gasteiger partial charge in [0.15, 0.2) is 5.78 Å². The maximum Gasteiger partial charge on any atom is 0.182 e. The number of benzene rings is 1. The summed E-state index contributed by atoms with van der Waals surface area (Å²) in [6.45, 7) is 7.89. The van der Waals surface area contributed by atoms with Gasteiger partial charge in [0.05, 0.1) is 12.1 Å². The molecule has 88 valence electrons. The van der Waals surface area contributed by atoms with Gasteiger partial charge in [-0.15, -0.1) is 0 Å². The number of hydrogen-bond acceptors (Lipinski definition) is 3. The van der Waals surface area contributed by atoms with Gasteiger partial charge in [0.1, 0.15) is 5.75 Å². The molecule has 0 aromatic heterocycles. The zero-order chi connectivity index (χ0) is 12.3. The topological polar surface area (TPSA) is 52.3 Å². The van der Waals surface area contributed by atoms with E-state index in [0.29, 0.717) is 12.2 Å². The van der Waals surface area contributed by atoms with Crippen molar-refractivity contribution in [3.8, 4) is 5.75 Å². The molecule has 3 nitrogen and oxygen atoms in total. The van der Waals surface area contributed by atoms with Crippen LogP contribution < -0.4 is 10.5 Å². The molecule has 0 amide bonds. The van der Waals surface area contributed by atoms with E-state index in [9.17, 15) is 4.79 Å². The molecule has 2 N–H and O–H groups in total. The lowest BCUT2D eigenvalue weighted by molar-refractivity contribution is 0.0913. The predicted molar refractivity (Wildman–Crippen MR) is 64.9 cm³/mol. The Morgan fingerprint density at radius 2 is 2.06 bits per heavy atom. The number of aryl methyl sites for hydroxylation is 1. The van der Waals surface area contributed by atoms with Crippen molar-refractivity contribution in [3.63, 3.8) is 0 Å². The van der Waals surface area contributed by atoms with E-state index in [-0.39, 0.29) is 5.78 Å². The van der Waals surface area contributed by atoms with Gasteiger partial charge in [0, 0.05) is 5.56 Å². The van der Waals surface area contributed by atoms with Crippen LogP contribution in [-0.4, -0.2) is 17.9 Å². The summed E-state index contributed by atoms with van der Waals surface area (Å²) in [7, 11) is 0. The van der Waals surface area contributed by atoms with E-state index >= 15 is 0 Å². The second-order valence-corrected chi connectivity index (χ2v) is 4.46. The highest BCUT2D eigenvalue weighted by Crippen LogP contribution is 2.21. The van der Waals surface area contributed by atoms with Crippen LogP contribution in [0.4, 0.5) is 0 Å². The molecule has 0 fully saturated rings. The number of hydrogen-bond donors (Lipinski definition) is 1. The normalized spacial score (nSPS) is 11.3. The van der Waals surface area contributed by atoms with Crippen LogP contribution in [0.3, 0.4) is 0 Å². The van der Waals surface area contributed by atoms with Crippen molar-refractivity contribution in [1.29, 1.82) is 0 Å². The van der Waals surface area contributed by atoms with Crippen LogP contribution in [-0.2, 0) is 0 Å². The van der Waals surface area contributed by atoms with Gasteiger partial charge < -0.3 is 10.5 Å². The smallest absolute Gasteiger partial charge is 0.182 e. The van der Waals surface area contributed by atoms with Crippen LogP contribution in [0.1, 0.15) is 36.7 Å². The van der Waals surface area contributed by atoms with Gasteiger partial charge in [-0.3, -0.25) is 4.79 Å². The maximum absolute atomic E-state index is 11.9. The minimum atomic E-state index is -0.834. The molecule has 0 aliphatic rings. The fourth-order valence-electron chi connectivity index (χ4n) is 1.48. The summed E-state index contributed by atoms with van der Waals surface area (Å²) < 4.78 is 5.41. The molecule has 0 spiro atoms. The molecule has 0 unspecified atom stereocenters. The summed E-state index contributed by atoms with van der Waals surface area (Å²) in [4.78, 5) is 11.9. The van der Waals surface area contributed by atoms with Crippen LogP contribution in [0, 0.1) is 6.92 Å². The van der Waals surface area contributed by atoms with E-state index < -0.39 is 5.54 Å². The number of ketones is 1. The Kier molecular flexibility index (Phi) is 3.70. The number of nitrogens with two attached hydrogens (primary N) is 1. The van der Waals surface area contributed by atoms with E-state index in [0.717, 1.165) is 11.3 Å². The van der Waals surface area contributed by atoms with E-state index in [4.69, 9.17) is 10.5 Å². The van der Waals surface area contributed by atoms with Gasteiger partial charge >= 0.3 is 0 Å². The van der Waals surface area contributed by atoms with Crippen molar-refractivity contribution >= 4 is 5.78 Å². The fraction of sp³-hybridized carbons (Fsp3) is 0.462. The van der Waals surface area contributed by atoms with Crippen LogP contribution >= 0.6 is 0 Å². The zero-order valence-corrected chi connectivity index (χ0v) is 10.3. The van der Waals surface area contributed by atoms with Crippen LogP contribution in [0.5, 0.6) is 5.75 Å². The molecule has 0 aliphatic carbocycles. The average molecular weight is 221 g/mol. The number of carbonyl (C=O) groups is 1. The maximum atomic E-state index is 11.9. The highest BCUT2D eigenvalue weighted by molar-refractivity contribution is 6.02. The van der Waals surface area contributed by atoms with E-state index in [1.807, 2.05) is 26.0 Å². The first-order chi connectivity index (χ1) is 7.36. The Hall–Kier alpha value is -1.35. The summed E-state index contributed by atoms with van der Waals surface area (Å²) >= 11 is 0. The van der Waals surface area contributed by atoms with Crippen LogP contribution in [0.2, 0.25) is 0 Å². The molecule has 0 heterocycles. The zero-order valence-electron chi connectivity index (χ0n) is 10.3. The Morgan fingerprint density at radius 1 is 1.44 bits per heavy atom. The van der Waals surface area contributed by atoms with Crippen LogP contribution in [0.25, 0.3) is 0 Å². The molecule has 0 saturated carbocycles. The quantitative estimate of drug-likeness (QED) is 0.794. The van der Waals surface area contributed by atoms with Crippen molar-refractivity contribution in [2.45, 2.75) is 33.2 Å². The van der Waals surface area contributed by atoms with Crippen molar-refractivity contribution in [1.82, 2.24) is 0 Å². The van der Waals surface area contributed by atoms with Crippen molar-refractivity contribution in [2.24, 2.45) is 5.73 Å². The Bertz CT molecular complexity index is 391. The number of Topliss-reactive ketones (excluding diaryl/α,β-unsaturated/α-hetero) is 1. The average Bonchev–Trinajstić information content (AvgIpc) is 2.19. The third kappa shape index (κ3) is 2.83. The summed E-state index contributed by atoms with van der Waals surface area (Å²) in [6, 6.07) is 5.40. The Balaban J connectivity index is 3.02. The van der Waals surface area contributed by atoms with Crippen molar-refractivity contribution < 1.29 is 9.53 Å². The molecule has 16 heavy (non-hydrogen) atoms. The van der Waals surface area contributed by atoms with Crippen molar-refractivity contribution in [2.75, 3.05) is 6.61 Å². The Morgan fingerprint density at radius 3 is 2.50 bits per heavy atom. The predicted octanol–water partition coefficient (Wildman–Crippen LogP) is 2.31. The van der Waals surface area contributed by atoms with Crippen molar-refractivity contribution in [3.05, 3.63) is 29.3 Å². The van der Waals surface area contributed by atoms with Gasteiger partial charge in [-0.05, 0) is 51.5 Å². The lowest BCUT2D eigenvalue weighted by atomic mass is 9.93. The van der Waals surface area contributed by atoms with Gasteiger partial charge in [0.2, 0.25) is 0 Å². The van der Waals surface area contributed by atoms with Gasteiger partial charge in [-0.2, -0.15) is 0 Å². The third-order valence-electron chi connectivity index (χ3n) is 2.32. The molecular weight excluding hydrogens is 202 g/mol. The first kappa shape index (κ1) is 12.7. The second-order valence-electron chi connectivity index (χ2n) is 4.46. The van der Waals surface area contributed by atoms with E-state index in [1.54, 1.807) is 19.9 Å². The standard InChI is InChI=1S/C13H19NO2/c1-5-16-11-7-6-10(8-9(11)2)12(15)13(3,4)14/h6-8H,5,14H2,1-4H3. The molecular formula is C13H19NO2. The molecule has 1 aromatic rings. The van der Waals surface area contributed by atoms with Gasteiger partial charge in [0.25, 0.3) is 0 Å². The molecule has 3 heteroatoms. The summed E-state index contributed by atoms with van der Waals surface area (Å²) in [6.07, 6.45) is 0. The fourth-order valence-corrected chi connectivity index (χ4v) is 1.48. The third-order valence-corrected chi connectivity index (χ3v) is 2.32. The summed E-state index contributed by atoms with van der Waals surface area (Å²) in [5.41, 5.74) is 6.53. The number of rotatable bonds is 4. The monoisotopic (exact) mass is 221 g/mol.